The molecule has 13 heavy (non-hydrogen) atoms. The van der Waals surface area contributed by atoms with E-state index in [2.05, 4.69) is 0 Å². The van der Waals surface area contributed by atoms with Crippen LogP contribution in [0.1, 0.15) is 26.7 Å². The molecule has 0 saturated carbocycles. The summed E-state index contributed by atoms with van der Waals surface area (Å²) in [7, 11) is 0. The Morgan fingerprint density at radius 2 is 2.31 bits per heavy atom. The quantitative estimate of drug-likeness (QED) is 0.637. The Bertz CT molecular complexity index is 184. The zero-order valence-electron chi connectivity index (χ0n) is 8.16. The van der Waals surface area contributed by atoms with Crippen LogP contribution in [-0.4, -0.2) is 30.8 Å². The molecule has 1 heterocycles. The second-order valence-electron chi connectivity index (χ2n) is 3.42. The van der Waals surface area contributed by atoms with Crippen LogP contribution in [0.2, 0.25) is 0 Å². The minimum absolute atomic E-state index is 0.0359. The molecule has 3 atom stereocenters. The highest BCUT2D eigenvalue weighted by molar-refractivity contribution is 5.66. The van der Waals surface area contributed by atoms with E-state index in [0.717, 1.165) is 12.8 Å². The highest BCUT2D eigenvalue weighted by atomic mass is 16.6. The predicted molar refractivity (Wildman–Crippen MR) is 48.2 cm³/mol. The van der Waals surface area contributed by atoms with Crippen LogP contribution in [0.3, 0.4) is 0 Å². The molecule has 1 saturated heterocycles. The Hall–Kier alpha value is -0.610. The van der Waals surface area contributed by atoms with E-state index in [1.165, 1.54) is 6.92 Å². The zero-order chi connectivity index (χ0) is 9.84. The molecule has 0 aliphatic carbocycles. The van der Waals surface area contributed by atoms with Gasteiger partial charge in [0.1, 0.15) is 6.10 Å². The van der Waals surface area contributed by atoms with Crippen molar-refractivity contribution in [2.45, 2.75) is 45.0 Å². The third kappa shape index (κ3) is 2.97. The monoisotopic (exact) mass is 187 g/mol. The lowest BCUT2D eigenvalue weighted by molar-refractivity contribution is -0.166. The van der Waals surface area contributed by atoms with Crippen molar-refractivity contribution in [3.63, 3.8) is 0 Å². The van der Waals surface area contributed by atoms with Crippen LogP contribution < -0.4 is 5.73 Å². The first-order valence-corrected chi connectivity index (χ1v) is 4.66. The van der Waals surface area contributed by atoms with Crippen LogP contribution in [0, 0.1) is 0 Å². The fourth-order valence-corrected chi connectivity index (χ4v) is 1.59. The van der Waals surface area contributed by atoms with Crippen LogP contribution in [0.4, 0.5) is 0 Å². The largest absolute Gasteiger partial charge is 0.460 e. The van der Waals surface area contributed by atoms with Gasteiger partial charge in [0.25, 0.3) is 0 Å². The molecule has 3 unspecified atom stereocenters. The average Bonchev–Trinajstić information content (AvgIpc) is 2.08. The van der Waals surface area contributed by atoms with Gasteiger partial charge in [-0.05, 0) is 19.8 Å². The van der Waals surface area contributed by atoms with Gasteiger partial charge in [-0.2, -0.15) is 0 Å². The van der Waals surface area contributed by atoms with E-state index in [-0.39, 0.29) is 24.3 Å². The van der Waals surface area contributed by atoms with Gasteiger partial charge < -0.3 is 15.2 Å². The molecule has 0 bridgehead atoms. The normalized spacial score (nSPS) is 34.2. The lowest BCUT2D eigenvalue weighted by Crippen LogP contribution is -2.42. The van der Waals surface area contributed by atoms with Crippen molar-refractivity contribution >= 4 is 5.97 Å². The summed E-state index contributed by atoms with van der Waals surface area (Å²) in [5, 5.41) is 0. The average molecular weight is 187 g/mol. The summed E-state index contributed by atoms with van der Waals surface area (Å²) in [6.07, 6.45) is 1.72. The van der Waals surface area contributed by atoms with Crippen LogP contribution in [0.25, 0.3) is 0 Å². The van der Waals surface area contributed by atoms with Crippen molar-refractivity contribution in [1.82, 2.24) is 0 Å². The van der Waals surface area contributed by atoms with Gasteiger partial charge in [-0.1, -0.05) is 0 Å². The summed E-state index contributed by atoms with van der Waals surface area (Å²) in [5.74, 6) is -0.244. The molecule has 1 fully saturated rings. The number of nitrogens with two attached hydrogens (primary N) is 1. The van der Waals surface area contributed by atoms with E-state index < -0.39 is 0 Å². The maximum Gasteiger partial charge on any atom is 0.302 e. The minimum atomic E-state index is -0.244. The highest BCUT2D eigenvalue weighted by Gasteiger charge is 2.29. The van der Waals surface area contributed by atoms with Crippen molar-refractivity contribution in [2.24, 2.45) is 5.73 Å². The summed E-state index contributed by atoms with van der Waals surface area (Å²) in [6, 6.07) is 0. The fourth-order valence-electron chi connectivity index (χ4n) is 1.59. The first-order valence-electron chi connectivity index (χ1n) is 4.66. The molecule has 0 amide bonds. The van der Waals surface area contributed by atoms with E-state index in [4.69, 9.17) is 15.2 Å². The number of carbonyl (C=O) groups excluding carboxylic acids is 1. The molecule has 0 aromatic carbocycles. The molecule has 4 heteroatoms. The summed E-state index contributed by atoms with van der Waals surface area (Å²) in [5.41, 5.74) is 5.48. The molecule has 0 aromatic heterocycles. The molecule has 76 valence electrons. The molecule has 0 aromatic rings. The molecule has 0 radical (unpaired) electrons. The Kier molecular flexibility index (Phi) is 3.69. The number of esters is 1. The number of rotatable bonds is 2. The van der Waals surface area contributed by atoms with Crippen molar-refractivity contribution in [1.29, 1.82) is 0 Å². The molecular formula is C9H17NO3. The van der Waals surface area contributed by atoms with Gasteiger partial charge >= 0.3 is 5.97 Å². The topological polar surface area (TPSA) is 61.5 Å². The molecule has 2 N–H and O–H groups in total. The van der Waals surface area contributed by atoms with Crippen molar-refractivity contribution in [3.05, 3.63) is 0 Å². The number of ether oxygens (including phenoxy) is 2. The molecule has 1 rings (SSSR count). The van der Waals surface area contributed by atoms with Crippen LogP contribution in [-0.2, 0) is 14.3 Å². The Labute approximate surface area is 78.4 Å². The number of hydrogen-bond donors (Lipinski definition) is 1. The van der Waals surface area contributed by atoms with E-state index in [9.17, 15) is 4.79 Å². The Morgan fingerprint density at radius 1 is 1.62 bits per heavy atom. The lowest BCUT2D eigenvalue weighted by atomic mass is 10.0. The van der Waals surface area contributed by atoms with Crippen molar-refractivity contribution in [2.75, 3.05) is 6.54 Å². The van der Waals surface area contributed by atoms with Crippen molar-refractivity contribution in [3.8, 4) is 0 Å². The predicted octanol–water partition coefficient (Wildman–Crippen LogP) is 0.444. The number of carbonyl (C=O) groups is 1. The van der Waals surface area contributed by atoms with Crippen LogP contribution in [0.15, 0.2) is 0 Å². The van der Waals surface area contributed by atoms with E-state index in [0.29, 0.717) is 6.54 Å². The maximum absolute atomic E-state index is 10.7. The highest BCUT2D eigenvalue weighted by Crippen LogP contribution is 2.21. The van der Waals surface area contributed by atoms with Gasteiger partial charge in [0.2, 0.25) is 0 Å². The molecule has 1 aliphatic rings. The van der Waals surface area contributed by atoms with Gasteiger partial charge in [0.15, 0.2) is 0 Å². The summed E-state index contributed by atoms with van der Waals surface area (Å²) >= 11 is 0. The smallest absolute Gasteiger partial charge is 0.302 e. The second kappa shape index (κ2) is 4.58. The van der Waals surface area contributed by atoms with E-state index >= 15 is 0 Å². The van der Waals surface area contributed by atoms with Gasteiger partial charge in [0.05, 0.1) is 12.2 Å². The van der Waals surface area contributed by atoms with Gasteiger partial charge in [-0.15, -0.1) is 0 Å². The van der Waals surface area contributed by atoms with E-state index in [1.807, 2.05) is 6.92 Å². The summed E-state index contributed by atoms with van der Waals surface area (Å²) < 4.78 is 10.6. The maximum atomic E-state index is 10.7. The molecule has 0 spiro atoms. The third-order valence-electron chi connectivity index (χ3n) is 2.28. The fraction of sp³-hybridized carbons (Fsp3) is 0.889. The first kappa shape index (κ1) is 10.5. The molecule has 1 aliphatic heterocycles. The Balaban J connectivity index is 2.39. The SMILES string of the molecule is CC(=O)OC1CCC(CN)OC1C. The van der Waals surface area contributed by atoms with Crippen LogP contribution in [0.5, 0.6) is 0 Å². The Morgan fingerprint density at radius 3 is 2.77 bits per heavy atom. The minimum Gasteiger partial charge on any atom is -0.460 e. The summed E-state index contributed by atoms with van der Waals surface area (Å²) in [6.45, 7) is 3.87. The number of hydrogen-bond acceptors (Lipinski definition) is 4. The second-order valence-corrected chi connectivity index (χ2v) is 3.42. The molecular weight excluding hydrogens is 170 g/mol. The third-order valence-corrected chi connectivity index (χ3v) is 2.28. The lowest BCUT2D eigenvalue weighted by Gasteiger charge is -2.33. The van der Waals surface area contributed by atoms with E-state index in [1.54, 1.807) is 0 Å². The zero-order valence-corrected chi connectivity index (χ0v) is 8.16. The van der Waals surface area contributed by atoms with Crippen LogP contribution >= 0.6 is 0 Å². The van der Waals surface area contributed by atoms with Gasteiger partial charge in [-0.25, -0.2) is 0 Å². The van der Waals surface area contributed by atoms with Gasteiger partial charge in [-0.3, -0.25) is 4.79 Å². The molecule has 4 nitrogen and oxygen atoms in total. The van der Waals surface area contributed by atoms with Crippen molar-refractivity contribution < 1.29 is 14.3 Å². The standard InChI is InChI=1S/C9H17NO3/c1-6-9(13-7(2)11)4-3-8(5-10)12-6/h6,8-9H,3-5,10H2,1-2H3. The summed E-state index contributed by atoms with van der Waals surface area (Å²) in [4.78, 5) is 10.7. The first-order chi connectivity index (χ1) is 6.13. The van der Waals surface area contributed by atoms with Gasteiger partial charge in [0, 0.05) is 13.5 Å².